The van der Waals surface area contributed by atoms with Gasteiger partial charge in [-0.25, -0.2) is 4.39 Å². The van der Waals surface area contributed by atoms with E-state index in [-0.39, 0.29) is 5.82 Å². The normalized spacial score (nSPS) is 10.7. The minimum absolute atomic E-state index is 0.168. The topological polar surface area (TPSA) is 37.8 Å². The van der Waals surface area contributed by atoms with Gasteiger partial charge in [0.15, 0.2) is 5.82 Å². The zero-order valence-electron chi connectivity index (χ0n) is 10.9. The Morgan fingerprint density at radius 3 is 2.70 bits per heavy atom. The molecule has 1 N–H and O–H groups in total. The zero-order valence-corrected chi connectivity index (χ0v) is 10.9. The molecule has 3 rings (SSSR count). The van der Waals surface area contributed by atoms with E-state index in [9.17, 15) is 4.39 Å². The first-order valence-electron chi connectivity index (χ1n) is 6.52. The molecule has 1 aromatic heterocycles. The Balaban J connectivity index is 1.73. The van der Waals surface area contributed by atoms with E-state index in [1.165, 1.54) is 6.07 Å². The number of halogens is 1. The first-order chi connectivity index (χ1) is 9.84. The van der Waals surface area contributed by atoms with Crippen LogP contribution in [-0.2, 0) is 6.42 Å². The highest BCUT2D eigenvalue weighted by atomic mass is 19.1. The second-order valence-electron chi connectivity index (χ2n) is 4.55. The summed E-state index contributed by atoms with van der Waals surface area (Å²) in [6.45, 7) is 0.615. The van der Waals surface area contributed by atoms with Crippen LogP contribution in [0, 0.1) is 5.82 Å². The minimum atomic E-state index is -0.168. The molecule has 0 saturated heterocycles. The van der Waals surface area contributed by atoms with Crippen molar-refractivity contribution in [1.82, 2.24) is 10.2 Å². The highest BCUT2D eigenvalue weighted by Crippen LogP contribution is 2.19. The van der Waals surface area contributed by atoms with Gasteiger partial charge in [0.05, 0.1) is 6.20 Å². The number of nitrogens with zero attached hydrogens (tertiary/aromatic N) is 2. The number of hydrogen-bond donors (Lipinski definition) is 1. The number of rotatable bonds is 4. The van der Waals surface area contributed by atoms with E-state index in [1.807, 2.05) is 30.3 Å². The van der Waals surface area contributed by atoms with Crippen molar-refractivity contribution in [1.29, 1.82) is 0 Å². The smallest absolute Gasteiger partial charge is 0.156 e. The molecule has 0 unspecified atom stereocenters. The summed E-state index contributed by atoms with van der Waals surface area (Å²) in [6, 6.07) is 14.7. The number of anilines is 1. The SMILES string of the molecule is Fc1ccccc1CCNc1nncc2ccccc12. The van der Waals surface area contributed by atoms with E-state index < -0.39 is 0 Å². The molecule has 3 aromatic rings. The molecule has 0 spiro atoms. The van der Waals surface area contributed by atoms with Gasteiger partial charge in [-0.05, 0) is 18.1 Å². The lowest BCUT2D eigenvalue weighted by molar-refractivity contribution is 0.610. The highest BCUT2D eigenvalue weighted by Gasteiger charge is 2.03. The Labute approximate surface area is 116 Å². The van der Waals surface area contributed by atoms with Crippen molar-refractivity contribution in [2.45, 2.75) is 6.42 Å². The van der Waals surface area contributed by atoms with Gasteiger partial charge in [0, 0.05) is 17.3 Å². The fraction of sp³-hybridized carbons (Fsp3) is 0.125. The zero-order chi connectivity index (χ0) is 13.8. The number of benzene rings is 2. The van der Waals surface area contributed by atoms with Crippen molar-refractivity contribution in [2.24, 2.45) is 0 Å². The Bertz CT molecular complexity index is 722. The lowest BCUT2D eigenvalue weighted by Crippen LogP contribution is -2.08. The lowest BCUT2D eigenvalue weighted by atomic mass is 10.1. The minimum Gasteiger partial charge on any atom is -0.368 e. The van der Waals surface area contributed by atoms with E-state index in [4.69, 9.17) is 0 Å². The molecule has 0 aliphatic carbocycles. The summed E-state index contributed by atoms with van der Waals surface area (Å²) in [5, 5.41) is 13.4. The molecular weight excluding hydrogens is 253 g/mol. The molecule has 0 atom stereocenters. The predicted molar refractivity (Wildman–Crippen MR) is 78.1 cm³/mol. The second-order valence-corrected chi connectivity index (χ2v) is 4.55. The maximum absolute atomic E-state index is 13.5. The summed E-state index contributed by atoms with van der Waals surface area (Å²) in [4.78, 5) is 0. The first-order valence-corrected chi connectivity index (χ1v) is 6.52. The first kappa shape index (κ1) is 12.5. The van der Waals surface area contributed by atoms with E-state index in [0.717, 1.165) is 16.6 Å². The van der Waals surface area contributed by atoms with Crippen LogP contribution in [0.15, 0.2) is 54.7 Å². The third kappa shape index (κ3) is 2.59. The van der Waals surface area contributed by atoms with E-state index >= 15 is 0 Å². The number of fused-ring (bicyclic) bond motifs is 1. The third-order valence-corrected chi connectivity index (χ3v) is 3.22. The average molecular weight is 267 g/mol. The van der Waals surface area contributed by atoms with Crippen molar-refractivity contribution in [3.8, 4) is 0 Å². The van der Waals surface area contributed by atoms with E-state index in [0.29, 0.717) is 18.5 Å². The Morgan fingerprint density at radius 2 is 1.80 bits per heavy atom. The van der Waals surface area contributed by atoms with Gasteiger partial charge in [-0.2, -0.15) is 5.10 Å². The Kier molecular flexibility index (Phi) is 3.54. The molecule has 4 heteroatoms. The molecule has 0 bridgehead atoms. The molecule has 100 valence electrons. The molecule has 0 saturated carbocycles. The van der Waals surface area contributed by atoms with Crippen LogP contribution in [0.5, 0.6) is 0 Å². The number of hydrogen-bond acceptors (Lipinski definition) is 3. The van der Waals surface area contributed by atoms with Gasteiger partial charge in [0.2, 0.25) is 0 Å². The van der Waals surface area contributed by atoms with Gasteiger partial charge in [0.1, 0.15) is 5.82 Å². The van der Waals surface area contributed by atoms with Crippen LogP contribution < -0.4 is 5.32 Å². The molecule has 0 radical (unpaired) electrons. The molecule has 0 aliphatic heterocycles. The quantitative estimate of drug-likeness (QED) is 0.787. The fourth-order valence-electron chi connectivity index (χ4n) is 2.18. The van der Waals surface area contributed by atoms with Gasteiger partial charge in [-0.15, -0.1) is 5.10 Å². The lowest BCUT2D eigenvalue weighted by Gasteiger charge is -2.08. The van der Waals surface area contributed by atoms with Gasteiger partial charge >= 0.3 is 0 Å². The molecular formula is C16H14FN3. The summed E-state index contributed by atoms with van der Waals surface area (Å²) in [6.07, 6.45) is 2.34. The van der Waals surface area contributed by atoms with Gasteiger partial charge < -0.3 is 5.32 Å². The van der Waals surface area contributed by atoms with Crippen LogP contribution in [0.25, 0.3) is 10.8 Å². The summed E-state index contributed by atoms with van der Waals surface area (Å²) in [5.41, 5.74) is 0.702. The Hall–Kier alpha value is -2.49. The van der Waals surface area contributed by atoms with Gasteiger partial charge in [-0.3, -0.25) is 0 Å². The number of aromatic nitrogens is 2. The molecule has 20 heavy (non-hydrogen) atoms. The molecule has 3 nitrogen and oxygen atoms in total. The standard InChI is InChI=1S/C16H14FN3/c17-15-8-4-2-5-12(15)9-10-18-16-14-7-3-1-6-13(14)11-19-20-16/h1-8,11H,9-10H2,(H,18,20). The van der Waals surface area contributed by atoms with E-state index in [1.54, 1.807) is 18.3 Å². The van der Waals surface area contributed by atoms with Crippen LogP contribution in [0.4, 0.5) is 10.2 Å². The summed E-state index contributed by atoms with van der Waals surface area (Å²) in [7, 11) is 0. The fourth-order valence-corrected chi connectivity index (χ4v) is 2.18. The maximum Gasteiger partial charge on any atom is 0.156 e. The predicted octanol–water partition coefficient (Wildman–Crippen LogP) is 3.42. The van der Waals surface area contributed by atoms with E-state index in [2.05, 4.69) is 15.5 Å². The van der Waals surface area contributed by atoms with Gasteiger partial charge in [-0.1, -0.05) is 42.5 Å². The maximum atomic E-state index is 13.5. The molecule has 2 aromatic carbocycles. The van der Waals surface area contributed by atoms with Crippen molar-refractivity contribution in [3.05, 3.63) is 66.1 Å². The highest BCUT2D eigenvalue weighted by molar-refractivity contribution is 5.90. The number of nitrogens with one attached hydrogen (secondary N) is 1. The monoisotopic (exact) mass is 267 g/mol. The van der Waals surface area contributed by atoms with Crippen molar-refractivity contribution < 1.29 is 4.39 Å². The molecule has 0 aliphatic rings. The third-order valence-electron chi connectivity index (χ3n) is 3.22. The summed E-state index contributed by atoms with van der Waals surface area (Å²) < 4.78 is 13.5. The van der Waals surface area contributed by atoms with Crippen LogP contribution in [0.3, 0.4) is 0 Å². The second kappa shape index (κ2) is 5.65. The summed E-state index contributed by atoms with van der Waals surface area (Å²) in [5.74, 6) is 0.567. The summed E-state index contributed by atoms with van der Waals surface area (Å²) >= 11 is 0. The molecule has 0 amide bonds. The van der Waals surface area contributed by atoms with Crippen LogP contribution in [0.2, 0.25) is 0 Å². The Morgan fingerprint density at radius 1 is 1.00 bits per heavy atom. The van der Waals surface area contributed by atoms with Crippen molar-refractivity contribution in [3.63, 3.8) is 0 Å². The van der Waals surface area contributed by atoms with Gasteiger partial charge in [0.25, 0.3) is 0 Å². The molecule has 1 heterocycles. The van der Waals surface area contributed by atoms with Crippen molar-refractivity contribution in [2.75, 3.05) is 11.9 Å². The van der Waals surface area contributed by atoms with Crippen LogP contribution in [-0.4, -0.2) is 16.7 Å². The van der Waals surface area contributed by atoms with Crippen LogP contribution >= 0.6 is 0 Å². The molecule has 0 fully saturated rings. The average Bonchev–Trinajstić information content (AvgIpc) is 2.49. The van der Waals surface area contributed by atoms with Crippen molar-refractivity contribution >= 4 is 16.6 Å². The largest absolute Gasteiger partial charge is 0.368 e. The van der Waals surface area contributed by atoms with Crippen LogP contribution in [0.1, 0.15) is 5.56 Å².